The lowest BCUT2D eigenvalue weighted by Crippen LogP contribution is -2.25. The Kier molecular flexibility index (Phi) is 4.31. The van der Waals surface area contributed by atoms with Crippen LogP contribution in [0.15, 0.2) is 66.7 Å². The molecule has 0 atom stereocenters. The zero-order valence-electron chi connectivity index (χ0n) is 14.0. The maximum atomic E-state index is 12.5. The quantitative estimate of drug-likeness (QED) is 0.580. The molecule has 0 aliphatic heterocycles. The summed E-state index contributed by atoms with van der Waals surface area (Å²) in [6.45, 7) is 0.504. The highest BCUT2D eigenvalue weighted by Crippen LogP contribution is 2.36. The number of hydrogen-bond donors (Lipinski definition) is 1. The molecule has 3 aromatic carbocycles. The van der Waals surface area contributed by atoms with Crippen LogP contribution < -0.4 is 5.32 Å². The third kappa shape index (κ3) is 3.02. The molecule has 0 heterocycles. The fourth-order valence-electron chi connectivity index (χ4n) is 3.28. The van der Waals surface area contributed by atoms with Gasteiger partial charge in [0.25, 0.3) is 5.91 Å². The van der Waals surface area contributed by atoms with Gasteiger partial charge in [0.05, 0.1) is 0 Å². The third-order valence-corrected chi connectivity index (χ3v) is 4.81. The first-order chi connectivity index (χ1) is 12.6. The Labute approximate surface area is 156 Å². The Bertz CT molecular complexity index is 1030. The second kappa shape index (κ2) is 6.77. The van der Waals surface area contributed by atoms with Gasteiger partial charge in [0, 0.05) is 28.3 Å². The van der Waals surface area contributed by atoms with Crippen molar-refractivity contribution < 1.29 is 9.59 Å². The summed E-state index contributed by atoms with van der Waals surface area (Å²) in [5.41, 5.74) is 4.67. The van der Waals surface area contributed by atoms with E-state index in [9.17, 15) is 9.59 Å². The van der Waals surface area contributed by atoms with Gasteiger partial charge >= 0.3 is 0 Å². The van der Waals surface area contributed by atoms with Crippen molar-refractivity contribution in [1.29, 1.82) is 0 Å². The molecule has 0 aromatic heterocycles. The molecule has 0 saturated carbocycles. The number of rotatable bonds is 4. The average Bonchev–Trinajstić information content (AvgIpc) is 2.94. The fourth-order valence-corrected chi connectivity index (χ4v) is 3.50. The number of carbonyl (C=O) groups is 2. The van der Waals surface area contributed by atoms with Crippen LogP contribution in [0.1, 0.15) is 31.8 Å². The predicted octanol–water partition coefficient (Wildman–Crippen LogP) is 4.52. The molecule has 1 N–H and O–H groups in total. The number of nitrogens with one attached hydrogen (secondary N) is 1. The van der Waals surface area contributed by atoms with E-state index in [1.807, 2.05) is 54.6 Å². The molecular formula is C22H16ClNO2. The molecule has 3 nitrogen and oxygen atoms in total. The van der Waals surface area contributed by atoms with Crippen LogP contribution in [-0.4, -0.2) is 18.2 Å². The minimum absolute atomic E-state index is 0.0239. The van der Waals surface area contributed by atoms with Crippen LogP contribution in [0.4, 0.5) is 0 Å². The van der Waals surface area contributed by atoms with Gasteiger partial charge in [-0.15, -0.1) is 0 Å². The number of hydrogen-bond acceptors (Lipinski definition) is 2. The van der Waals surface area contributed by atoms with Crippen LogP contribution in [0.2, 0.25) is 5.02 Å². The molecule has 0 saturated heterocycles. The molecule has 0 unspecified atom stereocenters. The molecule has 128 valence electrons. The largest absolute Gasteiger partial charge is 0.352 e. The smallest absolute Gasteiger partial charge is 0.251 e. The van der Waals surface area contributed by atoms with Crippen LogP contribution in [0.5, 0.6) is 0 Å². The Hall–Kier alpha value is -2.91. The zero-order valence-corrected chi connectivity index (χ0v) is 14.7. The first kappa shape index (κ1) is 16.6. The highest BCUT2D eigenvalue weighted by Gasteiger charge is 2.26. The van der Waals surface area contributed by atoms with Crippen LogP contribution in [-0.2, 0) is 6.42 Å². The summed E-state index contributed by atoms with van der Waals surface area (Å²) in [4.78, 5) is 25.0. The van der Waals surface area contributed by atoms with Crippen molar-refractivity contribution in [2.75, 3.05) is 6.54 Å². The standard InChI is InChI=1S/C22H16ClNO2/c23-16-5-3-4-14(12-16)10-11-24-22(26)15-8-9-18-17-6-1-2-7-19(17)21(25)20(18)13-15/h1-9,12-13H,10-11H2,(H,24,26). The molecule has 0 radical (unpaired) electrons. The van der Waals surface area contributed by atoms with Crippen molar-refractivity contribution in [3.05, 3.63) is 94.0 Å². The molecule has 1 aliphatic rings. The predicted molar refractivity (Wildman–Crippen MR) is 103 cm³/mol. The van der Waals surface area contributed by atoms with Gasteiger partial charge in [-0.25, -0.2) is 0 Å². The monoisotopic (exact) mass is 361 g/mol. The molecule has 3 aromatic rings. The Morgan fingerprint density at radius 2 is 1.62 bits per heavy atom. The summed E-state index contributed by atoms with van der Waals surface area (Å²) in [6.07, 6.45) is 0.696. The molecule has 0 spiro atoms. The van der Waals surface area contributed by atoms with E-state index in [2.05, 4.69) is 5.32 Å². The minimum atomic E-state index is -0.182. The highest BCUT2D eigenvalue weighted by atomic mass is 35.5. The SMILES string of the molecule is O=C(NCCc1cccc(Cl)c1)c1ccc2c(c1)C(=O)c1ccccc1-2. The summed E-state index contributed by atoms with van der Waals surface area (Å²) >= 11 is 5.97. The molecular weight excluding hydrogens is 346 g/mol. The van der Waals surface area contributed by atoms with Gasteiger partial charge < -0.3 is 5.32 Å². The van der Waals surface area contributed by atoms with Crippen molar-refractivity contribution in [3.63, 3.8) is 0 Å². The van der Waals surface area contributed by atoms with E-state index in [0.717, 1.165) is 16.7 Å². The van der Waals surface area contributed by atoms with Crippen molar-refractivity contribution in [1.82, 2.24) is 5.32 Å². The first-order valence-corrected chi connectivity index (χ1v) is 8.82. The first-order valence-electron chi connectivity index (χ1n) is 8.44. The third-order valence-electron chi connectivity index (χ3n) is 4.58. The number of amides is 1. The van der Waals surface area contributed by atoms with Gasteiger partial charge in [-0.2, -0.15) is 0 Å². The van der Waals surface area contributed by atoms with Crippen molar-refractivity contribution in [2.45, 2.75) is 6.42 Å². The van der Waals surface area contributed by atoms with Gasteiger partial charge in [-0.05, 0) is 47.4 Å². The average molecular weight is 362 g/mol. The van der Waals surface area contributed by atoms with Crippen molar-refractivity contribution in [2.24, 2.45) is 0 Å². The van der Waals surface area contributed by atoms with Crippen LogP contribution in [0.25, 0.3) is 11.1 Å². The maximum Gasteiger partial charge on any atom is 0.251 e. The van der Waals surface area contributed by atoms with E-state index < -0.39 is 0 Å². The van der Waals surface area contributed by atoms with Gasteiger partial charge in [-0.3, -0.25) is 9.59 Å². The maximum absolute atomic E-state index is 12.5. The number of carbonyl (C=O) groups excluding carboxylic acids is 2. The summed E-state index contributed by atoms with van der Waals surface area (Å²) in [5.74, 6) is -0.206. The van der Waals surface area contributed by atoms with Gasteiger partial charge in [0.2, 0.25) is 0 Å². The summed E-state index contributed by atoms with van der Waals surface area (Å²) in [7, 11) is 0. The minimum Gasteiger partial charge on any atom is -0.352 e. The molecule has 0 fully saturated rings. The van der Waals surface area contributed by atoms with Crippen LogP contribution >= 0.6 is 11.6 Å². The highest BCUT2D eigenvalue weighted by molar-refractivity contribution is 6.30. The van der Waals surface area contributed by atoms with E-state index in [1.165, 1.54) is 0 Å². The molecule has 0 bridgehead atoms. The van der Waals surface area contributed by atoms with E-state index >= 15 is 0 Å². The topological polar surface area (TPSA) is 46.2 Å². The second-order valence-electron chi connectivity index (χ2n) is 6.27. The molecule has 26 heavy (non-hydrogen) atoms. The normalized spacial score (nSPS) is 11.8. The summed E-state index contributed by atoms with van der Waals surface area (Å²) in [5, 5.41) is 3.59. The van der Waals surface area contributed by atoms with Crippen molar-refractivity contribution >= 4 is 23.3 Å². The van der Waals surface area contributed by atoms with Crippen molar-refractivity contribution in [3.8, 4) is 11.1 Å². The van der Waals surface area contributed by atoms with Crippen LogP contribution in [0.3, 0.4) is 0 Å². The Morgan fingerprint density at radius 1 is 0.846 bits per heavy atom. The molecule has 4 heteroatoms. The van der Waals surface area contributed by atoms with E-state index in [4.69, 9.17) is 11.6 Å². The lowest BCUT2D eigenvalue weighted by Gasteiger charge is -2.07. The summed E-state index contributed by atoms with van der Waals surface area (Å²) in [6, 6.07) is 20.4. The lowest BCUT2D eigenvalue weighted by atomic mass is 10.0. The lowest BCUT2D eigenvalue weighted by molar-refractivity contribution is 0.0954. The second-order valence-corrected chi connectivity index (χ2v) is 6.71. The number of halogens is 1. The van der Waals surface area contributed by atoms with Gasteiger partial charge in [-0.1, -0.05) is 54.1 Å². The van der Waals surface area contributed by atoms with E-state index in [-0.39, 0.29) is 11.7 Å². The Balaban J connectivity index is 1.47. The molecule has 4 rings (SSSR count). The number of ketones is 1. The van der Waals surface area contributed by atoms with E-state index in [1.54, 1.807) is 12.1 Å². The number of benzene rings is 3. The van der Waals surface area contributed by atoms with E-state index in [0.29, 0.717) is 34.7 Å². The van der Waals surface area contributed by atoms with Gasteiger partial charge in [0.15, 0.2) is 5.78 Å². The molecule has 1 amide bonds. The van der Waals surface area contributed by atoms with Crippen LogP contribution in [0, 0.1) is 0 Å². The fraction of sp³-hybridized carbons (Fsp3) is 0.0909. The number of fused-ring (bicyclic) bond motifs is 3. The van der Waals surface area contributed by atoms with Gasteiger partial charge in [0.1, 0.15) is 0 Å². The zero-order chi connectivity index (χ0) is 18.1. The molecule has 1 aliphatic carbocycles. The summed E-state index contributed by atoms with van der Waals surface area (Å²) < 4.78 is 0. The Morgan fingerprint density at radius 3 is 2.42 bits per heavy atom.